The van der Waals surface area contributed by atoms with E-state index >= 15 is 0 Å². The van der Waals surface area contributed by atoms with Crippen molar-refractivity contribution in [3.63, 3.8) is 0 Å². The van der Waals surface area contributed by atoms with E-state index in [0.29, 0.717) is 12.3 Å². The molecule has 1 aliphatic rings. The van der Waals surface area contributed by atoms with Crippen molar-refractivity contribution in [2.75, 3.05) is 36.0 Å². The molecule has 1 aromatic carbocycles. The molecular formula is C17H26N2OS. The van der Waals surface area contributed by atoms with Crippen molar-refractivity contribution < 1.29 is 4.79 Å². The number of hydrogen-bond donors (Lipinski definition) is 1. The van der Waals surface area contributed by atoms with Crippen LogP contribution in [0, 0.1) is 12.8 Å². The maximum Gasteiger partial charge on any atom is 0.220 e. The number of nitrogens with zero attached hydrogens (tertiary/aromatic N) is 1. The summed E-state index contributed by atoms with van der Waals surface area (Å²) in [7, 11) is 0. The zero-order valence-corrected chi connectivity index (χ0v) is 13.9. The number of hydrogen-bond acceptors (Lipinski definition) is 3. The maximum absolute atomic E-state index is 11.7. The molecule has 0 aliphatic carbocycles. The predicted molar refractivity (Wildman–Crippen MR) is 92.1 cm³/mol. The van der Waals surface area contributed by atoms with Gasteiger partial charge in [0.25, 0.3) is 0 Å². The molecule has 0 radical (unpaired) electrons. The third-order valence-corrected chi connectivity index (χ3v) is 4.82. The Balaban J connectivity index is 1.72. The molecule has 1 N–H and O–H groups in total. The van der Waals surface area contributed by atoms with Gasteiger partial charge in [-0.15, -0.1) is 0 Å². The Kier molecular flexibility index (Phi) is 6.43. The molecule has 116 valence electrons. The van der Waals surface area contributed by atoms with Crippen LogP contribution >= 0.6 is 11.8 Å². The van der Waals surface area contributed by atoms with Gasteiger partial charge in [-0.1, -0.05) is 19.1 Å². The molecule has 0 saturated carbocycles. The lowest BCUT2D eigenvalue weighted by atomic mass is 10.1. The molecule has 0 spiro atoms. The van der Waals surface area contributed by atoms with Gasteiger partial charge in [0.15, 0.2) is 0 Å². The lowest BCUT2D eigenvalue weighted by molar-refractivity contribution is -0.120. The SMILES string of the molecule is CCSCCC(=O)NCC1CCN(c2cccc(C)c2)C1. The largest absolute Gasteiger partial charge is 0.371 e. The van der Waals surface area contributed by atoms with Gasteiger partial charge in [-0.3, -0.25) is 4.79 Å². The minimum Gasteiger partial charge on any atom is -0.371 e. The fourth-order valence-electron chi connectivity index (χ4n) is 2.71. The smallest absolute Gasteiger partial charge is 0.220 e. The van der Waals surface area contributed by atoms with E-state index in [1.54, 1.807) is 0 Å². The zero-order chi connectivity index (χ0) is 15.1. The second-order valence-corrected chi connectivity index (χ2v) is 7.08. The maximum atomic E-state index is 11.7. The molecule has 1 aliphatic heterocycles. The first-order valence-corrected chi connectivity index (χ1v) is 9.00. The van der Waals surface area contributed by atoms with E-state index in [1.165, 1.54) is 11.3 Å². The average molecular weight is 306 g/mol. The molecule has 3 nitrogen and oxygen atoms in total. The highest BCUT2D eigenvalue weighted by atomic mass is 32.2. The van der Waals surface area contributed by atoms with E-state index in [9.17, 15) is 4.79 Å². The lowest BCUT2D eigenvalue weighted by Gasteiger charge is -2.19. The number of anilines is 1. The van der Waals surface area contributed by atoms with E-state index in [2.05, 4.69) is 48.3 Å². The monoisotopic (exact) mass is 306 g/mol. The van der Waals surface area contributed by atoms with Gasteiger partial charge < -0.3 is 10.2 Å². The topological polar surface area (TPSA) is 32.3 Å². The molecule has 0 aromatic heterocycles. The summed E-state index contributed by atoms with van der Waals surface area (Å²) >= 11 is 1.82. The number of nitrogens with one attached hydrogen (secondary N) is 1. The third kappa shape index (κ3) is 5.27. The predicted octanol–water partition coefficient (Wildman–Crippen LogP) is 3.08. The Bertz CT molecular complexity index is 464. The number of amides is 1. The number of rotatable bonds is 7. The standard InChI is InChI=1S/C17H26N2OS/c1-3-21-10-8-17(20)18-12-15-7-9-19(13-15)16-6-4-5-14(2)11-16/h4-6,11,15H,3,7-10,12-13H2,1-2H3,(H,18,20). The van der Waals surface area contributed by atoms with E-state index in [0.717, 1.165) is 37.6 Å². The van der Waals surface area contributed by atoms with Crippen LogP contribution in [0.15, 0.2) is 24.3 Å². The average Bonchev–Trinajstić information content (AvgIpc) is 2.94. The number of carbonyl (C=O) groups is 1. The van der Waals surface area contributed by atoms with Crippen molar-refractivity contribution in [1.82, 2.24) is 5.32 Å². The van der Waals surface area contributed by atoms with Crippen LogP contribution in [-0.2, 0) is 4.79 Å². The van der Waals surface area contributed by atoms with Crippen molar-refractivity contribution in [1.29, 1.82) is 0 Å². The van der Waals surface area contributed by atoms with Crippen LogP contribution < -0.4 is 10.2 Å². The molecule has 1 saturated heterocycles. The first-order valence-electron chi connectivity index (χ1n) is 7.85. The zero-order valence-electron chi connectivity index (χ0n) is 13.1. The highest BCUT2D eigenvalue weighted by Crippen LogP contribution is 2.24. The molecule has 1 fully saturated rings. The third-order valence-electron chi connectivity index (χ3n) is 3.92. The van der Waals surface area contributed by atoms with Gasteiger partial charge in [-0.2, -0.15) is 11.8 Å². The van der Waals surface area contributed by atoms with Crippen molar-refractivity contribution in [2.45, 2.75) is 26.7 Å². The highest BCUT2D eigenvalue weighted by molar-refractivity contribution is 7.99. The normalized spacial score (nSPS) is 18.0. The summed E-state index contributed by atoms with van der Waals surface area (Å²) in [6.07, 6.45) is 1.81. The number of carbonyl (C=O) groups excluding carboxylic acids is 1. The van der Waals surface area contributed by atoms with Crippen LogP contribution in [0.3, 0.4) is 0 Å². The van der Waals surface area contributed by atoms with Gasteiger partial charge in [0, 0.05) is 37.5 Å². The first kappa shape index (κ1) is 16.2. The molecule has 21 heavy (non-hydrogen) atoms. The van der Waals surface area contributed by atoms with E-state index in [1.807, 2.05) is 11.8 Å². The second kappa shape index (κ2) is 8.32. The van der Waals surface area contributed by atoms with Crippen molar-refractivity contribution in [3.05, 3.63) is 29.8 Å². The van der Waals surface area contributed by atoms with Gasteiger partial charge in [-0.05, 0) is 42.7 Å². The molecule has 0 bridgehead atoms. The van der Waals surface area contributed by atoms with E-state index < -0.39 is 0 Å². The first-order chi connectivity index (χ1) is 10.2. The van der Waals surface area contributed by atoms with Crippen molar-refractivity contribution in [3.8, 4) is 0 Å². The quantitative estimate of drug-likeness (QED) is 0.786. The Hall–Kier alpha value is -1.16. The molecule has 1 unspecified atom stereocenters. The summed E-state index contributed by atoms with van der Waals surface area (Å²) in [6, 6.07) is 8.66. The van der Waals surface area contributed by atoms with Crippen LogP contribution in [0.4, 0.5) is 5.69 Å². The Morgan fingerprint density at radius 3 is 3.10 bits per heavy atom. The molecule has 1 atom stereocenters. The van der Waals surface area contributed by atoms with Crippen LogP contribution in [0.25, 0.3) is 0 Å². The van der Waals surface area contributed by atoms with Crippen molar-refractivity contribution in [2.24, 2.45) is 5.92 Å². The van der Waals surface area contributed by atoms with Gasteiger partial charge in [0.05, 0.1) is 0 Å². The fraction of sp³-hybridized carbons (Fsp3) is 0.588. The molecule has 1 heterocycles. The molecule has 1 amide bonds. The van der Waals surface area contributed by atoms with Crippen LogP contribution in [0.1, 0.15) is 25.3 Å². The number of thioether (sulfide) groups is 1. The van der Waals surface area contributed by atoms with E-state index in [-0.39, 0.29) is 5.91 Å². The lowest BCUT2D eigenvalue weighted by Crippen LogP contribution is -2.31. The highest BCUT2D eigenvalue weighted by Gasteiger charge is 2.22. The van der Waals surface area contributed by atoms with Gasteiger partial charge in [0.1, 0.15) is 0 Å². The Morgan fingerprint density at radius 2 is 2.33 bits per heavy atom. The Morgan fingerprint density at radius 1 is 1.48 bits per heavy atom. The van der Waals surface area contributed by atoms with E-state index in [4.69, 9.17) is 0 Å². The van der Waals surface area contributed by atoms with Gasteiger partial charge in [-0.25, -0.2) is 0 Å². The summed E-state index contributed by atoms with van der Waals surface area (Å²) in [5.74, 6) is 2.79. The summed E-state index contributed by atoms with van der Waals surface area (Å²) in [5, 5.41) is 3.09. The van der Waals surface area contributed by atoms with Crippen molar-refractivity contribution >= 4 is 23.4 Å². The minimum atomic E-state index is 0.199. The van der Waals surface area contributed by atoms with Crippen LogP contribution in [0.2, 0.25) is 0 Å². The van der Waals surface area contributed by atoms with Crippen LogP contribution in [-0.4, -0.2) is 37.0 Å². The number of benzene rings is 1. The van der Waals surface area contributed by atoms with Gasteiger partial charge >= 0.3 is 0 Å². The summed E-state index contributed by atoms with van der Waals surface area (Å²) in [4.78, 5) is 14.2. The molecular weight excluding hydrogens is 280 g/mol. The molecule has 1 aromatic rings. The molecule has 2 rings (SSSR count). The summed E-state index contributed by atoms with van der Waals surface area (Å²) in [5.41, 5.74) is 2.61. The number of aryl methyl sites for hydroxylation is 1. The minimum absolute atomic E-state index is 0.199. The second-order valence-electron chi connectivity index (χ2n) is 5.69. The summed E-state index contributed by atoms with van der Waals surface area (Å²) in [6.45, 7) is 7.22. The fourth-order valence-corrected chi connectivity index (χ4v) is 3.33. The molecule has 4 heteroatoms. The van der Waals surface area contributed by atoms with Crippen LogP contribution in [0.5, 0.6) is 0 Å². The van der Waals surface area contributed by atoms with Gasteiger partial charge in [0.2, 0.25) is 5.91 Å². The Labute approximate surface area is 132 Å². The summed E-state index contributed by atoms with van der Waals surface area (Å²) < 4.78 is 0.